The minimum Gasteiger partial charge on any atom is -0.325 e. The van der Waals surface area contributed by atoms with Crippen molar-refractivity contribution >= 4 is 11.6 Å². The van der Waals surface area contributed by atoms with Crippen LogP contribution in [-0.2, 0) is 11.3 Å². The third-order valence-corrected chi connectivity index (χ3v) is 3.58. The molecule has 0 aliphatic heterocycles. The predicted octanol–water partition coefficient (Wildman–Crippen LogP) is 3.68. The van der Waals surface area contributed by atoms with Gasteiger partial charge in [0.25, 0.3) is 0 Å². The van der Waals surface area contributed by atoms with Crippen molar-refractivity contribution in [3.05, 3.63) is 65.5 Å². The molecule has 2 aromatic rings. The van der Waals surface area contributed by atoms with Gasteiger partial charge in [0, 0.05) is 12.2 Å². The van der Waals surface area contributed by atoms with Gasteiger partial charge in [-0.05, 0) is 42.8 Å². The summed E-state index contributed by atoms with van der Waals surface area (Å²) >= 11 is 0. The molecule has 0 bridgehead atoms. The molecule has 116 valence electrons. The van der Waals surface area contributed by atoms with Crippen molar-refractivity contribution in [3.63, 3.8) is 0 Å². The van der Waals surface area contributed by atoms with Gasteiger partial charge in [0.2, 0.25) is 5.91 Å². The van der Waals surface area contributed by atoms with E-state index in [4.69, 9.17) is 0 Å². The fraction of sp³-hybridized carbons (Fsp3) is 0.278. The van der Waals surface area contributed by atoms with Gasteiger partial charge in [-0.15, -0.1) is 0 Å². The summed E-state index contributed by atoms with van der Waals surface area (Å²) in [6.45, 7) is 5.37. The van der Waals surface area contributed by atoms with Crippen molar-refractivity contribution in [1.82, 2.24) is 5.32 Å². The fourth-order valence-corrected chi connectivity index (χ4v) is 2.22. The molecule has 1 amide bonds. The number of rotatable bonds is 6. The van der Waals surface area contributed by atoms with Crippen LogP contribution in [0.5, 0.6) is 0 Å². The van der Waals surface area contributed by atoms with E-state index in [9.17, 15) is 9.18 Å². The van der Waals surface area contributed by atoms with E-state index >= 15 is 0 Å². The number of hydrogen-bond donors (Lipinski definition) is 2. The molecule has 2 rings (SSSR count). The summed E-state index contributed by atoms with van der Waals surface area (Å²) in [5.41, 5.74) is 2.49. The van der Waals surface area contributed by atoms with Gasteiger partial charge in [0.05, 0.1) is 5.92 Å². The van der Waals surface area contributed by atoms with Crippen molar-refractivity contribution in [2.24, 2.45) is 0 Å². The van der Waals surface area contributed by atoms with E-state index < -0.39 is 5.92 Å². The second-order valence-electron chi connectivity index (χ2n) is 5.20. The number of para-hydroxylation sites is 1. The normalized spacial score (nSPS) is 12.0. The van der Waals surface area contributed by atoms with E-state index in [1.54, 1.807) is 19.1 Å². The Kier molecular flexibility index (Phi) is 5.67. The molecule has 0 saturated carbocycles. The molecule has 2 N–H and O–H groups in total. The lowest BCUT2D eigenvalue weighted by Crippen LogP contribution is -2.21. The largest absolute Gasteiger partial charge is 0.325 e. The van der Waals surface area contributed by atoms with Gasteiger partial charge in [-0.25, -0.2) is 4.39 Å². The van der Waals surface area contributed by atoms with E-state index in [-0.39, 0.29) is 11.7 Å². The van der Waals surface area contributed by atoms with E-state index in [0.717, 1.165) is 17.8 Å². The Morgan fingerprint density at radius 2 is 1.95 bits per heavy atom. The monoisotopic (exact) mass is 300 g/mol. The third kappa shape index (κ3) is 4.15. The number of hydrogen-bond acceptors (Lipinski definition) is 2. The van der Waals surface area contributed by atoms with Crippen molar-refractivity contribution in [1.29, 1.82) is 0 Å². The van der Waals surface area contributed by atoms with Gasteiger partial charge in [-0.3, -0.25) is 4.79 Å². The summed E-state index contributed by atoms with van der Waals surface area (Å²) in [5, 5.41) is 6.18. The Morgan fingerprint density at radius 3 is 2.68 bits per heavy atom. The highest BCUT2D eigenvalue weighted by Gasteiger charge is 2.16. The van der Waals surface area contributed by atoms with Gasteiger partial charge in [-0.1, -0.05) is 37.3 Å². The van der Waals surface area contributed by atoms with Crippen LogP contribution in [0.2, 0.25) is 0 Å². The number of nitrogens with one attached hydrogen (secondary N) is 2. The summed E-state index contributed by atoms with van der Waals surface area (Å²) in [7, 11) is 0. The first-order valence-electron chi connectivity index (χ1n) is 7.46. The summed E-state index contributed by atoms with van der Waals surface area (Å²) in [6, 6.07) is 13.8. The first-order valence-corrected chi connectivity index (χ1v) is 7.46. The number of benzene rings is 2. The lowest BCUT2D eigenvalue weighted by molar-refractivity contribution is -0.117. The Balaban J connectivity index is 2.11. The average Bonchev–Trinajstić information content (AvgIpc) is 2.53. The first-order chi connectivity index (χ1) is 10.6. The van der Waals surface area contributed by atoms with Crippen LogP contribution in [0.25, 0.3) is 0 Å². The number of carbonyl (C=O) groups is 1. The lowest BCUT2D eigenvalue weighted by atomic mass is 10.00. The smallest absolute Gasteiger partial charge is 0.231 e. The molecule has 0 saturated heterocycles. The lowest BCUT2D eigenvalue weighted by Gasteiger charge is -2.15. The fourth-order valence-electron chi connectivity index (χ4n) is 2.22. The SMILES string of the molecule is CCNCc1ccccc1NC(=O)C(C)c1cccc(F)c1. The molecule has 0 fully saturated rings. The maximum Gasteiger partial charge on any atom is 0.231 e. The highest BCUT2D eigenvalue weighted by molar-refractivity contribution is 5.96. The Morgan fingerprint density at radius 1 is 1.18 bits per heavy atom. The second kappa shape index (κ2) is 7.71. The number of anilines is 1. The Hall–Kier alpha value is -2.20. The quantitative estimate of drug-likeness (QED) is 0.854. The maximum absolute atomic E-state index is 13.3. The molecule has 0 aliphatic carbocycles. The molecule has 3 nitrogen and oxygen atoms in total. The van der Waals surface area contributed by atoms with Crippen LogP contribution in [0.1, 0.15) is 30.9 Å². The van der Waals surface area contributed by atoms with Crippen LogP contribution in [-0.4, -0.2) is 12.5 Å². The average molecular weight is 300 g/mol. The van der Waals surface area contributed by atoms with E-state index in [0.29, 0.717) is 12.1 Å². The molecule has 1 unspecified atom stereocenters. The molecule has 1 atom stereocenters. The molecule has 0 radical (unpaired) electrons. The molecule has 4 heteroatoms. The van der Waals surface area contributed by atoms with Crippen LogP contribution >= 0.6 is 0 Å². The third-order valence-electron chi connectivity index (χ3n) is 3.58. The topological polar surface area (TPSA) is 41.1 Å². The van der Waals surface area contributed by atoms with Gasteiger partial charge >= 0.3 is 0 Å². The second-order valence-corrected chi connectivity index (χ2v) is 5.20. The van der Waals surface area contributed by atoms with Crippen LogP contribution in [0, 0.1) is 5.82 Å². The van der Waals surface area contributed by atoms with Gasteiger partial charge in [0.15, 0.2) is 0 Å². The maximum atomic E-state index is 13.3. The highest BCUT2D eigenvalue weighted by Crippen LogP contribution is 2.21. The van der Waals surface area contributed by atoms with Gasteiger partial charge in [0.1, 0.15) is 5.82 Å². The van der Waals surface area contributed by atoms with Crippen molar-refractivity contribution in [2.75, 3.05) is 11.9 Å². The van der Waals surface area contributed by atoms with Gasteiger partial charge in [-0.2, -0.15) is 0 Å². The van der Waals surface area contributed by atoms with Crippen LogP contribution in [0.3, 0.4) is 0 Å². The minimum absolute atomic E-state index is 0.144. The standard InChI is InChI=1S/C18H21FN2O/c1-3-20-12-15-7-4-5-10-17(15)21-18(22)13(2)14-8-6-9-16(19)11-14/h4-11,13,20H,3,12H2,1-2H3,(H,21,22). The molecule has 0 aromatic heterocycles. The molecule has 0 spiro atoms. The zero-order valence-electron chi connectivity index (χ0n) is 12.9. The van der Waals surface area contributed by atoms with Crippen molar-refractivity contribution in [2.45, 2.75) is 26.3 Å². The molecule has 22 heavy (non-hydrogen) atoms. The summed E-state index contributed by atoms with van der Waals surface area (Å²) in [4.78, 5) is 12.4. The first kappa shape index (κ1) is 16.2. The van der Waals surface area contributed by atoms with Gasteiger partial charge < -0.3 is 10.6 Å². The summed E-state index contributed by atoms with van der Waals surface area (Å²) < 4.78 is 13.3. The van der Waals surface area contributed by atoms with Crippen LogP contribution in [0.4, 0.5) is 10.1 Å². The highest BCUT2D eigenvalue weighted by atomic mass is 19.1. The number of amides is 1. The molecule has 2 aromatic carbocycles. The number of carbonyl (C=O) groups excluding carboxylic acids is 1. The zero-order chi connectivity index (χ0) is 15.9. The molecule has 0 heterocycles. The van der Waals surface area contributed by atoms with E-state index in [2.05, 4.69) is 10.6 Å². The molecular weight excluding hydrogens is 279 g/mol. The number of halogens is 1. The van der Waals surface area contributed by atoms with Crippen molar-refractivity contribution in [3.8, 4) is 0 Å². The predicted molar refractivity (Wildman–Crippen MR) is 87.3 cm³/mol. The van der Waals surface area contributed by atoms with Crippen LogP contribution < -0.4 is 10.6 Å². The van der Waals surface area contributed by atoms with E-state index in [1.807, 2.05) is 31.2 Å². The molecular formula is C18H21FN2O. The van der Waals surface area contributed by atoms with Crippen molar-refractivity contribution < 1.29 is 9.18 Å². The summed E-state index contributed by atoms with van der Waals surface area (Å²) in [5.74, 6) is -0.887. The van der Waals surface area contributed by atoms with Crippen LogP contribution in [0.15, 0.2) is 48.5 Å². The van der Waals surface area contributed by atoms with E-state index in [1.165, 1.54) is 12.1 Å². The summed E-state index contributed by atoms with van der Waals surface area (Å²) in [6.07, 6.45) is 0. The molecule has 0 aliphatic rings. The Bertz CT molecular complexity index is 642. The zero-order valence-corrected chi connectivity index (χ0v) is 12.9. The Labute approximate surface area is 130 Å². The minimum atomic E-state index is -0.414.